The van der Waals surface area contributed by atoms with Crippen LogP contribution in [0.15, 0.2) is 21.3 Å². The van der Waals surface area contributed by atoms with Crippen LogP contribution >= 0.6 is 0 Å². The van der Waals surface area contributed by atoms with Gasteiger partial charge in [-0.15, -0.1) is 0 Å². The number of carbonyl (C=O) groups excluding carboxylic acids is 1. The zero-order chi connectivity index (χ0) is 16.7. The zero-order valence-electron chi connectivity index (χ0n) is 13.3. The van der Waals surface area contributed by atoms with Crippen LogP contribution in [0, 0.1) is 0 Å². The molecule has 1 N–H and O–H groups in total. The predicted octanol–water partition coefficient (Wildman–Crippen LogP) is 1.12. The number of hydroxylamine groups is 2. The third kappa shape index (κ3) is 2.47. The molecular weight excluding hydrogens is 300 g/mol. The molecule has 1 aromatic heterocycles. The Bertz CT molecular complexity index is 842. The number of nitrogens with zero attached hydrogens (tertiary/aromatic N) is 2. The molecule has 23 heavy (non-hydrogen) atoms. The fourth-order valence-electron chi connectivity index (χ4n) is 2.90. The molecule has 0 radical (unpaired) electrons. The molecule has 7 nitrogen and oxygen atoms in total. The maximum Gasteiger partial charge on any atom is 0.341 e. The molecule has 0 saturated heterocycles. The number of rotatable bonds is 2. The van der Waals surface area contributed by atoms with E-state index in [2.05, 4.69) is 0 Å². The van der Waals surface area contributed by atoms with E-state index < -0.39 is 11.5 Å². The van der Waals surface area contributed by atoms with E-state index in [0.717, 1.165) is 17.2 Å². The standard InChI is InChI=1S/C16H18N2O5/c1-17-7-6-9-10-4-5-12(19)13(15(20)18(2)22-3)14(10)23-16(21)11(9)8-17/h4-5,19H,6-8H2,1-3H3. The topological polar surface area (TPSA) is 83.2 Å². The van der Waals surface area contributed by atoms with Gasteiger partial charge in [-0.2, -0.15) is 0 Å². The number of likely N-dealkylation sites (N-methyl/N-ethyl adjacent to an activating group) is 1. The molecule has 7 heteroatoms. The lowest BCUT2D eigenvalue weighted by atomic mass is 9.96. The van der Waals surface area contributed by atoms with Gasteiger partial charge >= 0.3 is 5.63 Å². The molecule has 1 amide bonds. The molecule has 1 aliphatic heterocycles. The summed E-state index contributed by atoms with van der Waals surface area (Å²) in [5.74, 6) is -0.825. The number of hydrogen-bond acceptors (Lipinski definition) is 6. The first-order chi connectivity index (χ1) is 10.9. The Kier molecular flexibility index (Phi) is 3.83. The Morgan fingerprint density at radius 2 is 2.13 bits per heavy atom. The molecule has 2 aromatic rings. The summed E-state index contributed by atoms with van der Waals surface area (Å²) in [5.41, 5.74) is 1.05. The minimum absolute atomic E-state index is 0.0642. The molecule has 0 saturated carbocycles. The van der Waals surface area contributed by atoms with Crippen molar-refractivity contribution in [3.05, 3.63) is 39.2 Å². The van der Waals surface area contributed by atoms with Gasteiger partial charge in [0.25, 0.3) is 5.91 Å². The second-order valence-electron chi connectivity index (χ2n) is 5.66. The largest absolute Gasteiger partial charge is 0.507 e. The van der Waals surface area contributed by atoms with Gasteiger partial charge in [0, 0.05) is 25.5 Å². The molecular formula is C16H18N2O5. The van der Waals surface area contributed by atoms with Gasteiger partial charge in [-0.25, -0.2) is 9.86 Å². The summed E-state index contributed by atoms with van der Waals surface area (Å²) in [4.78, 5) is 31.6. The van der Waals surface area contributed by atoms with Gasteiger partial charge in [-0.05, 0) is 31.2 Å². The molecule has 122 valence electrons. The molecule has 0 fully saturated rings. The van der Waals surface area contributed by atoms with Gasteiger partial charge in [0.2, 0.25) is 0 Å². The number of benzene rings is 1. The molecule has 0 atom stereocenters. The number of aromatic hydroxyl groups is 1. The van der Waals surface area contributed by atoms with Crippen molar-refractivity contribution in [1.82, 2.24) is 9.96 Å². The minimum atomic E-state index is -0.577. The number of phenols is 1. The lowest BCUT2D eigenvalue weighted by molar-refractivity contribution is -0.0757. The Balaban J connectivity index is 2.31. The van der Waals surface area contributed by atoms with Crippen LogP contribution in [-0.4, -0.2) is 48.7 Å². The van der Waals surface area contributed by atoms with Crippen LogP contribution in [0.5, 0.6) is 5.75 Å². The van der Waals surface area contributed by atoms with E-state index in [1.807, 2.05) is 11.9 Å². The van der Waals surface area contributed by atoms with Crippen molar-refractivity contribution in [2.24, 2.45) is 0 Å². The maximum atomic E-state index is 12.4. The van der Waals surface area contributed by atoms with Gasteiger partial charge < -0.3 is 14.4 Å². The second-order valence-corrected chi connectivity index (χ2v) is 5.66. The van der Waals surface area contributed by atoms with Gasteiger partial charge in [-0.3, -0.25) is 9.63 Å². The maximum absolute atomic E-state index is 12.4. The van der Waals surface area contributed by atoms with Crippen LogP contribution in [-0.2, 0) is 17.8 Å². The van der Waals surface area contributed by atoms with E-state index in [-0.39, 0.29) is 16.9 Å². The third-order valence-corrected chi connectivity index (χ3v) is 4.21. The lowest BCUT2D eigenvalue weighted by Crippen LogP contribution is -2.31. The molecule has 1 aromatic carbocycles. The summed E-state index contributed by atoms with van der Waals surface area (Å²) in [6.45, 7) is 1.32. The average molecular weight is 318 g/mol. The van der Waals surface area contributed by atoms with Crippen LogP contribution in [0.1, 0.15) is 21.5 Å². The predicted molar refractivity (Wildman–Crippen MR) is 83.3 cm³/mol. The highest BCUT2D eigenvalue weighted by atomic mass is 16.7. The van der Waals surface area contributed by atoms with Crippen molar-refractivity contribution < 1.29 is 19.2 Å². The summed E-state index contributed by atoms with van der Waals surface area (Å²) < 4.78 is 5.39. The van der Waals surface area contributed by atoms with Crippen LogP contribution in [0.2, 0.25) is 0 Å². The quantitative estimate of drug-likeness (QED) is 0.660. The molecule has 3 rings (SSSR count). The van der Waals surface area contributed by atoms with E-state index >= 15 is 0 Å². The fraction of sp³-hybridized carbons (Fsp3) is 0.375. The van der Waals surface area contributed by atoms with E-state index in [1.54, 1.807) is 6.07 Å². The second kappa shape index (κ2) is 5.68. The molecule has 0 unspecified atom stereocenters. The first-order valence-electron chi connectivity index (χ1n) is 7.25. The Morgan fingerprint density at radius 3 is 2.83 bits per heavy atom. The summed E-state index contributed by atoms with van der Waals surface area (Å²) >= 11 is 0. The Hall–Kier alpha value is -2.38. The van der Waals surface area contributed by atoms with Crippen LogP contribution in [0.25, 0.3) is 11.0 Å². The summed E-state index contributed by atoms with van der Waals surface area (Å²) in [5, 5.41) is 11.7. The first kappa shape index (κ1) is 15.5. The monoisotopic (exact) mass is 318 g/mol. The highest BCUT2D eigenvalue weighted by Crippen LogP contribution is 2.32. The molecule has 0 bridgehead atoms. The smallest absolute Gasteiger partial charge is 0.341 e. The SMILES string of the molecule is CON(C)C(=O)c1c(O)ccc2c3c(c(=O)oc12)CN(C)CC3. The van der Waals surface area contributed by atoms with Crippen LogP contribution < -0.4 is 5.63 Å². The van der Waals surface area contributed by atoms with Crippen molar-refractivity contribution in [3.63, 3.8) is 0 Å². The van der Waals surface area contributed by atoms with Gasteiger partial charge in [0.05, 0.1) is 12.7 Å². The fourth-order valence-corrected chi connectivity index (χ4v) is 2.90. The summed E-state index contributed by atoms with van der Waals surface area (Å²) in [6, 6.07) is 3.12. The summed E-state index contributed by atoms with van der Waals surface area (Å²) in [6.07, 6.45) is 0.687. The van der Waals surface area contributed by atoms with Crippen LogP contribution in [0.3, 0.4) is 0 Å². The molecule has 1 aliphatic rings. The van der Waals surface area contributed by atoms with E-state index in [0.29, 0.717) is 23.9 Å². The van der Waals surface area contributed by atoms with E-state index in [1.165, 1.54) is 20.2 Å². The van der Waals surface area contributed by atoms with Crippen molar-refractivity contribution in [3.8, 4) is 5.75 Å². The lowest BCUT2D eigenvalue weighted by Gasteiger charge is -2.25. The highest BCUT2D eigenvalue weighted by Gasteiger charge is 2.26. The van der Waals surface area contributed by atoms with Crippen molar-refractivity contribution in [1.29, 1.82) is 0 Å². The van der Waals surface area contributed by atoms with Crippen molar-refractivity contribution >= 4 is 16.9 Å². The van der Waals surface area contributed by atoms with E-state index in [4.69, 9.17) is 9.25 Å². The van der Waals surface area contributed by atoms with E-state index in [9.17, 15) is 14.7 Å². The first-order valence-corrected chi connectivity index (χ1v) is 7.25. The minimum Gasteiger partial charge on any atom is -0.507 e. The Morgan fingerprint density at radius 1 is 1.39 bits per heavy atom. The molecule has 0 spiro atoms. The van der Waals surface area contributed by atoms with Crippen molar-refractivity contribution in [2.45, 2.75) is 13.0 Å². The number of amides is 1. The normalized spacial score (nSPS) is 14.7. The van der Waals surface area contributed by atoms with Gasteiger partial charge in [0.15, 0.2) is 5.58 Å². The molecule has 0 aliphatic carbocycles. The number of hydrogen-bond donors (Lipinski definition) is 1. The number of fused-ring (bicyclic) bond motifs is 3. The molecule has 2 heterocycles. The average Bonchev–Trinajstić information content (AvgIpc) is 2.53. The van der Waals surface area contributed by atoms with Gasteiger partial charge in [0.1, 0.15) is 11.3 Å². The highest BCUT2D eigenvalue weighted by molar-refractivity contribution is 6.07. The number of carbonyl (C=O) groups is 1. The van der Waals surface area contributed by atoms with Gasteiger partial charge in [-0.1, -0.05) is 0 Å². The van der Waals surface area contributed by atoms with Crippen LogP contribution in [0.4, 0.5) is 0 Å². The van der Waals surface area contributed by atoms with Crippen molar-refractivity contribution in [2.75, 3.05) is 27.7 Å². The number of phenolic OH excluding ortho intramolecular Hbond substituents is 1. The third-order valence-electron chi connectivity index (χ3n) is 4.21. The Labute approximate surface area is 132 Å². The zero-order valence-corrected chi connectivity index (χ0v) is 13.3. The summed E-state index contributed by atoms with van der Waals surface area (Å²) in [7, 11) is 4.70.